The molecule has 1 rings (SSSR count). The highest BCUT2D eigenvalue weighted by molar-refractivity contribution is 5.63. The molecule has 0 saturated heterocycles. The Balaban J connectivity index is -0.000000174. The molecule has 0 bridgehead atoms. The van der Waals surface area contributed by atoms with E-state index in [1.165, 1.54) is 12.1 Å². The Bertz CT molecular complexity index is 569. The average Bonchev–Trinajstić information content (AvgIpc) is 2.53. The average molecular weight is 435 g/mol. The number of non-ortho nitro benzene ring substituents is 1. The van der Waals surface area contributed by atoms with E-state index in [0.29, 0.717) is 13.1 Å². The SMILES string of the molecule is CC(=O)O.CC(=O)O.CC(=O)O.CC(=O)O.NCCNCc1ccc([N+](=O)[O-])cc1. The molecule has 0 radical (unpaired) electrons. The standard InChI is InChI=1S/C9H13N3O2.4C2H4O2/c10-5-6-11-7-8-1-3-9(4-2-8)12(13)14;4*1-2(3)4/h1-4,11H,5-7,10H2;4*1H3,(H,3,4). The lowest BCUT2D eigenvalue weighted by Gasteiger charge is -2.02. The summed E-state index contributed by atoms with van der Waals surface area (Å²) in [5.74, 6) is -3.33. The smallest absolute Gasteiger partial charge is 0.300 e. The molecule has 0 aliphatic carbocycles. The number of rotatable bonds is 5. The molecule has 1 aromatic rings. The summed E-state index contributed by atoms with van der Waals surface area (Å²) in [5, 5.41) is 43.1. The predicted octanol–water partition coefficient (Wildman–Crippen LogP) is 1.01. The van der Waals surface area contributed by atoms with Crippen LogP contribution in [0.1, 0.15) is 33.3 Å². The van der Waals surface area contributed by atoms with Crippen LogP contribution in [0.2, 0.25) is 0 Å². The van der Waals surface area contributed by atoms with E-state index < -0.39 is 28.8 Å². The Morgan fingerprint density at radius 2 is 1.17 bits per heavy atom. The lowest BCUT2D eigenvalue weighted by molar-refractivity contribution is -0.384. The number of carbonyl (C=O) groups is 4. The Hall–Kier alpha value is -3.58. The van der Waals surface area contributed by atoms with Crippen LogP contribution in [0.4, 0.5) is 5.69 Å². The van der Waals surface area contributed by atoms with Gasteiger partial charge in [-0.1, -0.05) is 12.1 Å². The van der Waals surface area contributed by atoms with Crippen LogP contribution in [0.15, 0.2) is 24.3 Å². The third-order valence-electron chi connectivity index (χ3n) is 1.80. The summed E-state index contributed by atoms with van der Waals surface area (Å²) in [6, 6.07) is 6.47. The number of benzene rings is 1. The number of hydrogen-bond acceptors (Lipinski definition) is 8. The molecule has 0 amide bonds. The summed E-state index contributed by atoms with van der Waals surface area (Å²) in [7, 11) is 0. The van der Waals surface area contributed by atoms with E-state index in [4.69, 9.17) is 45.3 Å². The number of aliphatic carboxylic acids is 4. The first kappa shape index (κ1) is 34.0. The lowest BCUT2D eigenvalue weighted by atomic mass is 10.2. The fraction of sp³-hybridized carbons (Fsp3) is 0.412. The second kappa shape index (κ2) is 23.5. The number of nitro benzene ring substituents is 1. The van der Waals surface area contributed by atoms with Crippen LogP contribution < -0.4 is 11.1 Å². The van der Waals surface area contributed by atoms with Crippen LogP contribution in [0.5, 0.6) is 0 Å². The van der Waals surface area contributed by atoms with Gasteiger partial charge in [-0.25, -0.2) is 0 Å². The van der Waals surface area contributed by atoms with Crippen molar-refractivity contribution in [3.63, 3.8) is 0 Å². The lowest BCUT2D eigenvalue weighted by Crippen LogP contribution is -2.21. The Labute approximate surface area is 173 Å². The van der Waals surface area contributed by atoms with E-state index in [2.05, 4.69) is 5.32 Å². The molecule has 172 valence electrons. The Morgan fingerprint density at radius 1 is 0.867 bits per heavy atom. The van der Waals surface area contributed by atoms with Crippen LogP contribution in [0.3, 0.4) is 0 Å². The molecule has 1 aromatic carbocycles. The number of nitrogens with zero attached hydrogens (tertiary/aromatic N) is 1. The first-order chi connectivity index (χ1) is 13.7. The van der Waals surface area contributed by atoms with Gasteiger partial charge in [-0.15, -0.1) is 0 Å². The second-order valence-electron chi connectivity index (χ2n) is 4.97. The number of hydrogen-bond donors (Lipinski definition) is 6. The zero-order valence-electron chi connectivity index (χ0n) is 17.2. The van der Waals surface area contributed by atoms with Gasteiger partial charge in [0.1, 0.15) is 0 Å². The minimum Gasteiger partial charge on any atom is -0.481 e. The molecule has 30 heavy (non-hydrogen) atoms. The van der Waals surface area contributed by atoms with E-state index in [1.807, 2.05) is 0 Å². The topological polar surface area (TPSA) is 230 Å². The number of nitro groups is 1. The first-order valence-corrected chi connectivity index (χ1v) is 8.09. The highest BCUT2D eigenvalue weighted by Crippen LogP contribution is 2.11. The van der Waals surface area contributed by atoms with E-state index in [0.717, 1.165) is 39.8 Å². The van der Waals surface area contributed by atoms with Crippen molar-refractivity contribution < 1.29 is 44.5 Å². The van der Waals surface area contributed by atoms with Gasteiger partial charge in [0.15, 0.2) is 0 Å². The van der Waals surface area contributed by atoms with E-state index in [9.17, 15) is 10.1 Å². The van der Waals surface area contributed by atoms with E-state index >= 15 is 0 Å². The molecule has 0 heterocycles. The fourth-order valence-corrected chi connectivity index (χ4v) is 1.07. The Morgan fingerprint density at radius 3 is 1.40 bits per heavy atom. The van der Waals surface area contributed by atoms with Crippen molar-refractivity contribution >= 4 is 29.6 Å². The number of nitrogens with two attached hydrogens (primary N) is 1. The van der Waals surface area contributed by atoms with Gasteiger partial charge < -0.3 is 31.5 Å². The van der Waals surface area contributed by atoms with Crippen LogP contribution in [-0.4, -0.2) is 62.3 Å². The second-order valence-corrected chi connectivity index (χ2v) is 4.97. The molecule has 13 nitrogen and oxygen atoms in total. The van der Waals surface area contributed by atoms with Crippen molar-refractivity contribution in [3.05, 3.63) is 39.9 Å². The van der Waals surface area contributed by atoms with Crippen LogP contribution in [0, 0.1) is 10.1 Å². The van der Waals surface area contributed by atoms with Crippen molar-refractivity contribution in [3.8, 4) is 0 Å². The summed E-state index contributed by atoms with van der Waals surface area (Å²) in [5.41, 5.74) is 6.44. The minimum atomic E-state index is -0.833. The molecule has 0 spiro atoms. The van der Waals surface area contributed by atoms with Crippen LogP contribution >= 0.6 is 0 Å². The van der Waals surface area contributed by atoms with E-state index in [-0.39, 0.29) is 5.69 Å². The molecule has 0 unspecified atom stereocenters. The zero-order chi connectivity index (χ0) is 24.7. The van der Waals surface area contributed by atoms with Gasteiger partial charge in [-0.3, -0.25) is 29.3 Å². The summed E-state index contributed by atoms with van der Waals surface area (Å²) in [4.78, 5) is 45.9. The van der Waals surface area contributed by atoms with Crippen molar-refractivity contribution in [1.82, 2.24) is 5.32 Å². The first-order valence-electron chi connectivity index (χ1n) is 8.09. The highest BCUT2D eigenvalue weighted by atomic mass is 16.6. The van der Waals surface area contributed by atoms with Crippen molar-refractivity contribution in [2.75, 3.05) is 13.1 Å². The van der Waals surface area contributed by atoms with Gasteiger partial charge >= 0.3 is 0 Å². The van der Waals surface area contributed by atoms with Crippen molar-refractivity contribution in [1.29, 1.82) is 0 Å². The monoisotopic (exact) mass is 435 g/mol. The number of nitrogens with one attached hydrogen (secondary N) is 1. The van der Waals surface area contributed by atoms with Gasteiger partial charge in [0.2, 0.25) is 0 Å². The van der Waals surface area contributed by atoms with Gasteiger partial charge in [0.25, 0.3) is 29.6 Å². The molecule has 0 atom stereocenters. The van der Waals surface area contributed by atoms with Crippen LogP contribution in [-0.2, 0) is 25.7 Å². The summed E-state index contributed by atoms with van der Waals surface area (Å²) in [6.07, 6.45) is 0. The quantitative estimate of drug-likeness (QED) is 0.216. The minimum absolute atomic E-state index is 0.118. The van der Waals surface area contributed by atoms with Crippen molar-refractivity contribution in [2.24, 2.45) is 5.73 Å². The van der Waals surface area contributed by atoms with Gasteiger partial charge in [0, 0.05) is 59.5 Å². The molecular weight excluding hydrogens is 406 g/mol. The van der Waals surface area contributed by atoms with Gasteiger partial charge in [-0.2, -0.15) is 0 Å². The third-order valence-corrected chi connectivity index (χ3v) is 1.80. The van der Waals surface area contributed by atoms with Gasteiger partial charge in [-0.05, 0) is 5.56 Å². The molecule has 7 N–H and O–H groups in total. The molecule has 13 heteroatoms. The highest BCUT2D eigenvalue weighted by Gasteiger charge is 2.02. The molecule has 0 fully saturated rings. The summed E-state index contributed by atoms with van der Waals surface area (Å²) in [6.45, 7) is 6.36. The zero-order valence-corrected chi connectivity index (χ0v) is 17.2. The third kappa shape index (κ3) is 56.3. The fourth-order valence-electron chi connectivity index (χ4n) is 1.07. The van der Waals surface area contributed by atoms with Crippen molar-refractivity contribution in [2.45, 2.75) is 34.2 Å². The summed E-state index contributed by atoms with van der Waals surface area (Å²) >= 11 is 0. The van der Waals surface area contributed by atoms with E-state index in [1.54, 1.807) is 12.1 Å². The number of carboxylic acids is 4. The predicted molar refractivity (Wildman–Crippen MR) is 107 cm³/mol. The molecule has 0 aliphatic heterocycles. The normalized spacial score (nSPS) is 8.03. The maximum Gasteiger partial charge on any atom is 0.300 e. The van der Waals surface area contributed by atoms with Crippen LogP contribution in [0.25, 0.3) is 0 Å². The maximum atomic E-state index is 10.3. The maximum absolute atomic E-state index is 10.3. The largest absolute Gasteiger partial charge is 0.481 e. The molecule has 0 saturated carbocycles. The summed E-state index contributed by atoms with van der Waals surface area (Å²) < 4.78 is 0. The molecule has 0 aliphatic rings. The molecular formula is C17H29N3O10. The Kier molecular flexibility index (Phi) is 26.6. The number of carboxylic acid groups (broad SMARTS) is 4. The molecule has 0 aromatic heterocycles. The van der Waals surface area contributed by atoms with Gasteiger partial charge in [0.05, 0.1) is 4.92 Å².